The second kappa shape index (κ2) is 14.9. The summed E-state index contributed by atoms with van der Waals surface area (Å²) in [7, 11) is 0. The summed E-state index contributed by atoms with van der Waals surface area (Å²) in [5.74, 6) is 0.159. The molecule has 176 valence electrons. The van der Waals surface area contributed by atoms with Crippen LogP contribution in [0.5, 0.6) is 0 Å². The van der Waals surface area contributed by atoms with E-state index in [0.29, 0.717) is 0 Å². The zero-order valence-electron chi connectivity index (χ0n) is 21.1. The maximum atomic E-state index is 13.0. The first kappa shape index (κ1) is 28.0. The van der Waals surface area contributed by atoms with E-state index in [4.69, 9.17) is 0 Å². The summed E-state index contributed by atoms with van der Waals surface area (Å²) in [5, 5.41) is 0. The predicted octanol–water partition coefficient (Wildman–Crippen LogP) is 9.92. The molecule has 1 unspecified atom stereocenters. The van der Waals surface area contributed by atoms with Crippen LogP contribution in [0.15, 0.2) is 85.8 Å². The van der Waals surface area contributed by atoms with Gasteiger partial charge < -0.3 is 0 Å². The summed E-state index contributed by atoms with van der Waals surface area (Å²) in [6.45, 7) is 21.4. The van der Waals surface area contributed by atoms with Gasteiger partial charge in [-0.1, -0.05) is 88.9 Å². The number of benzene rings is 1. The largest absolute Gasteiger partial charge is 0.252 e. The Morgan fingerprint density at radius 2 is 1.82 bits per heavy atom. The fourth-order valence-electron chi connectivity index (χ4n) is 3.35. The van der Waals surface area contributed by atoms with Gasteiger partial charge in [0, 0.05) is 17.2 Å². The minimum atomic E-state index is 0.0518. The van der Waals surface area contributed by atoms with Crippen molar-refractivity contribution in [1.29, 1.82) is 0 Å². The lowest BCUT2D eigenvalue weighted by Crippen LogP contribution is -1.99. The maximum Gasteiger partial charge on any atom is 0.103 e. The Balaban J connectivity index is 0.000000309. The zero-order chi connectivity index (χ0) is 24.8. The second-order valence-electron chi connectivity index (χ2n) is 8.29. The lowest BCUT2D eigenvalue weighted by molar-refractivity contribution is 0.487. The standard InChI is InChI=1S/C17H17N.C10H15F.C4H8/c1-5-14-8-6-7-9-16(14)17-11-10-15(12(2)3)13(4)18-17;1-3-4-9-6-5-8(2)10(11)7-9;1-3-4-2/h5-11H,1-2H2,3-4H3;6-8H,3-5H2,1-2H3;3H,1,4H2,2H3. The molecule has 1 aromatic heterocycles. The van der Waals surface area contributed by atoms with Crippen LogP contribution < -0.4 is 0 Å². The normalized spacial score (nSPS) is 14.4. The van der Waals surface area contributed by atoms with Crippen LogP contribution in [0.1, 0.15) is 70.2 Å². The van der Waals surface area contributed by atoms with Gasteiger partial charge in [0.05, 0.1) is 5.69 Å². The van der Waals surface area contributed by atoms with E-state index in [1.807, 2.05) is 57.2 Å². The smallest absolute Gasteiger partial charge is 0.103 e. The van der Waals surface area contributed by atoms with Crippen LogP contribution in [0.25, 0.3) is 22.9 Å². The lowest BCUT2D eigenvalue weighted by atomic mass is 9.95. The minimum Gasteiger partial charge on any atom is -0.252 e. The molecule has 3 rings (SSSR count). The summed E-state index contributed by atoms with van der Waals surface area (Å²) >= 11 is 0. The molecule has 0 N–H and O–H groups in total. The van der Waals surface area contributed by atoms with E-state index in [1.54, 1.807) is 6.08 Å². The molecule has 2 aromatic rings. The molecule has 0 aliphatic heterocycles. The van der Waals surface area contributed by atoms with E-state index in [-0.39, 0.29) is 11.7 Å². The molecule has 0 bridgehead atoms. The number of allylic oxidation sites excluding steroid dienone is 6. The second-order valence-corrected chi connectivity index (χ2v) is 8.29. The van der Waals surface area contributed by atoms with Gasteiger partial charge in [-0.2, -0.15) is 0 Å². The van der Waals surface area contributed by atoms with Gasteiger partial charge in [0.2, 0.25) is 0 Å². The van der Waals surface area contributed by atoms with E-state index >= 15 is 0 Å². The van der Waals surface area contributed by atoms with Crippen molar-refractivity contribution in [2.45, 2.75) is 60.3 Å². The maximum absolute atomic E-state index is 13.0. The fraction of sp³-hybridized carbons (Fsp3) is 0.323. The highest BCUT2D eigenvalue weighted by molar-refractivity contribution is 5.74. The van der Waals surface area contributed by atoms with Crippen molar-refractivity contribution < 1.29 is 4.39 Å². The quantitative estimate of drug-likeness (QED) is 0.403. The van der Waals surface area contributed by atoms with Gasteiger partial charge in [-0.05, 0) is 67.5 Å². The van der Waals surface area contributed by atoms with Crippen molar-refractivity contribution in [3.63, 3.8) is 0 Å². The monoisotopic (exact) mass is 445 g/mol. The van der Waals surface area contributed by atoms with Crippen LogP contribution in [0.4, 0.5) is 4.39 Å². The molecule has 33 heavy (non-hydrogen) atoms. The lowest BCUT2D eigenvalue weighted by Gasteiger charge is -2.13. The first-order chi connectivity index (χ1) is 15.8. The third kappa shape index (κ3) is 9.18. The van der Waals surface area contributed by atoms with Crippen LogP contribution in [-0.4, -0.2) is 4.98 Å². The summed E-state index contributed by atoms with van der Waals surface area (Å²) in [6.07, 6.45) is 11.6. The van der Waals surface area contributed by atoms with Gasteiger partial charge in [0.1, 0.15) is 5.83 Å². The van der Waals surface area contributed by atoms with Crippen LogP contribution in [0, 0.1) is 12.8 Å². The molecule has 0 saturated heterocycles. The summed E-state index contributed by atoms with van der Waals surface area (Å²) in [5.41, 5.74) is 7.55. The number of rotatable bonds is 6. The molecule has 0 radical (unpaired) electrons. The van der Waals surface area contributed by atoms with Gasteiger partial charge in [-0.25, -0.2) is 4.39 Å². The molecule has 0 amide bonds. The Kier molecular flexibility index (Phi) is 12.7. The van der Waals surface area contributed by atoms with Crippen molar-refractivity contribution in [3.8, 4) is 11.3 Å². The van der Waals surface area contributed by atoms with Crippen LogP contribution >= 0.6 is 0 Å². The van der Waals surface area contributed by atoms with Crippen LogP contribution in [0.2, 0.25) is 0 Å². The highest BCUT2D eigenvalue weighted by Crippen LogP contribution is 2.26. The topological polar surface area (TPSA) is 12.9 Å². The predicted molar refractivity (Wildman–Crippen MR) is 146 cm³/mol. The van der Waals surface area contributed by atoms with Gasteiger partial charge in [-0.3, -0.25) is 4.98 Å². The van der Waals surface area contributed by atoms with E-state index in [0.717, 1.165) is 59.3 Å². The van der Waals surface area contributed by atoms with E-state index < -0.39 is 0 Å². The number of halogens is 1. The molecular formula is C31H40FN. The third-order valence-corrected chi connectivity index (χ3v) is 5.36. The van der Waals surface area contributed by atoms with Gasteiger partial charge in [0.25, 0.3) is 0 Å². The van der Waals surface area contributed by atoms with Crippen LogP contribution in [0.3, 0.4) is 0 Å². The van der Waals surface area contributed by atoms with Crippen molar-refractivity contribution >= 4 is 11.6 Å². The Bertz CT molecular complexity index is 994. The average Bonchev–Trinajstić information content (AvgIpc) is 2.82. The first-order valence-corrected chi connectivity index (χ1v) is 11.8. The molecule has 1 atom stereocenters. The van der Waals surface area contributed by atoms with Crippen molar-refractivity contribution in [2.75, 3.05) is 0 Å². The Hall–Kier alpha value is -3.00. The Morgan fingerprint density at radius 3 is 2.33 bits per heavy atom. The Morgan fingerprint density at radius 1 is 1.15 bits per heavy atom. The molecular weight excluding hydrogens is 405 g/mol. The number of aryl methyl sites for hydroxylation is 1. The number of pyridine rings is 1. The number of hydrogen-bond acceptors (Lipinski definition) is 1. The molecule has 0 fully saturated rings. The first-order valence-electron chi connectivity index (χ1n) is 11.8. The summed E-state index contributed by atoms with van der Waals surface area (Å²) in [4.78, 5) is 4.66. The molecule has 1 aliphatic carbocycles. The molecule has 1 nitrogen and oxygen atoms in total. The molecule has 1 heterocycles. The highest BCUT2D eigenvalue weighted by atomic mass is 19.1. The van der Waals surface area contributed by atoms with Crippen LogP contribution in [-0.2, 0) is 0 Å². The van der Waals surface area contributed by atoms with Crippen molar-refractivity contribution in [3.05, 3.63) is 103 Å². The van der Waals surface area contributed by atoms with Gasteiger partial charge >= 0.3 is 0 Å². The van der Waals surface area contributed by atoms with Crippen molar-refractivity contribution in [2.24, 2.45) is 5.92 Å². The molecule has 1 aliphatic rings. The van der Waals surface area contributed by atoms with Gasteiger partial charge in [-0.15, -0.1) is 6.58 Å². The van der Waals surface area contributed by atoms with E-state index in [2.05, 4.69) is 56.8 Å². The third-order valence-electron chi connectivity index (χ3n) is 5.36. The molecule has 2 heteroatoms. The number of hydrogen-bond donors (Lipinski definition) is 0. The SMILES string of the molecule is C=CCC.C=Cc1ccccc1-c1ccc(C(=C)C)c(C)n1.CCCC1=CCC(C)C(F)=C1. The molecule has 0 spiro atoms. The van der Waals surface area contributed by atoms with E-state index in [1.165, 1.54) is 5.57 Å². The van der Waals surface area contributed by atoms with E-state index in [9.17, 15) is 4.39 Å². The Labute approximate surface area is 201 Å². The number of aromatic nitrogens is 1. The summed E-state index contributed by atoms with van der Waals surface area (Å²) < 4.78 is 13.0. The fourth-order valence-corrected chi connectivity index (χ4v) is 3.35. The number of nitrogens with zero attached hydrogens (tertiary/aromatic N) is 1. The minimum absolute atomic E-state index is 0.0518. The highest BCUT2D eigenvalue weighted by Gasteiger charge is 2.12. The molecule has 0 saturated carbocycles. The van der Waals surface area contributed by atoms with Crippen molar-refractivity contribution in [1.82, 2.24) is 4.98 Å². The summed E-state index contributed by atoms with van der Waals surface area (Å²) in [6, 6.07) is 12.3. The zero-order valence-corrected chi connectivity index (χ0v) is 21.1. The average molecular weight is 446 g/mol. The molecule has 1 aromatic carbocycles. The van der Waals surface area contributed by atoms with Gasteiger partial charge in [0.15, 0.2) is 0 Å².